The zero-order chi connectivity index (χ0) is 26.0. The topological polar surface area (TPSA) is 69.2 Å². The summed E-state index contributed by atoms with van der Waals surface area (Å²) in [6.45, 7) is 0.787. The molecule has 0 unspecified atom stereocenters. The minimum Gasteiger partial charge on any atom is -0.493 e. The molecule has 4 aromatic rings. The van der Waals surface area contributed by atoms with Gasteiger partial charge in [0, 0.05) is 10.6 Å². The van der Waals surface area contributed by atoms with Gasteiger partial charge in [-0.25, -0.2) is 5.43 Å². The van der Waals surface area contributed by atoms with Crippen molar-refractivity contribution in [2.75, 3.05) is 7.11 Å². The SMILES string of the molecule is COc1cc(C(=O)N/N=C/c2ccc(OCc3cccc(Cl)c3)c(Br)c2)ccc1OCc1ccccc1. The second-order valence-corrected chi connectivity index (χ2v) is 9.24. The van der Waals surface area contributed by atoms with E-state index in [2.05, 4.69) is 26.5 Å². The molecule has 0 aliphatic rings. The molecular weight excluding hydrogens is 556 g/mol. The van der Waals surface area contributed by atoms with E-state index in [1.54, 1.807) is 24.4 Å². The van der Waals surface area contributed by atoms with Crippen molar-refractivity contribution in [1.29, 1.82) is 0 Å². The smallest absolute Gasteiger partial charge is 0.271 e. The first-order valence-electron chi connectivity index (χ1n) is 11.4. The lowest BCUT2D eigenvalue weighted by atomic mass is 10.2. The molecule has 1 amide bonds. The van der Waals surface area contributed by atoms with Crippen molar-refractivity contribution in [3.8, 4) is 17.2 Å². The van der Waals surface area contributed by atoms with Crippen LogP contribution in [0.25, 0.3) is 0 Å². The summed E-state index contributed by atoms with van der Waals surface area (Å²) in [6.07, 6.45) is 1.55. The van der Waals surface area contributed by atoms with E-state index in [9.17, 15) is 4.79 Å². The monoisotopic (exact) mass is 578 g/mol. The Kier molecular flexibility index (Phi) is 9.18. The molecule has 0 aromatic heterocycles. The van der Waals surface area contributed by atoms with Crippen LogP contribution in [0, 0.1) is 0 Å². The van der Waals surface area contributed by atoms with E-state index in [4.69, 9.17) is 25.8 Å². The molecule has 0 saturated heterocycles. The van der Waals surface area contributed by atoms with E-state index in [-0.39, 0.29) is 5.91 Å². The highest BCUT2D eigenvalue weighted by molar-refractivity contribution is 9.10. The lowest BCUT2D eigenvalue weighted by Crippen LogP contribution is -2.17. The zero-order valence-electron chi connectivity index (χ0n) is 20.0. The molecular formula is C29H24BrClN2O4. The van der Waals surface area contributed by atoms with Crippen molar-refractivity contribution < 1.29 is 19.0 Å². The van der Waals surface area contributed by atoms with E-state index >= 15 is 0 Å². The van der Waals surface area contributed by atoms with Crippen LogP contribution in [0.5, 0.6) is 17.2 Å². The maximum atomic E-state index is 12.6. The first-order valence-corrected chi connectivity index (χ1v) is 12.5. The van der Waals surface area contributed by atoms with Crippen LogP contribution in [0.1, 0.15) is 27.0 Å². The second-order valence-electron chi connectivity index (χ2n) is 7.95. The minimum absolute atomic E-state index is 0.371. The van der Waals surface area contributed by atoms with Crippen molar-refractivity contribution in [3.05, 3.63) is 123 Å². The van der Waals surface area contributed by atoms with Gasteiger partial charge in [-0.1, -0.05) is 54.1 Å². The Morgan fingerprint density at radius 1 is 0.865 bits per heavy atom. The van der Waals surface area contributed by atoms with Gasteiger partial charge < -0.3 is 14.2 Å². The Balaban J connectivity index is 1.33. The molecule has 37 heavy (non-hydrogen) atoms. The highest BCUT2D eigenvalue weighted by Gasteiger charge is 2.11. The van der Waals surface area contributed by atoms with E-state index in [0.717, 1.165) is 21.2 Å². The number of halogens is 2. The molecule has 0 fully saturated rings. The van der Waals surface area contributed by atoms with Crippen LogP contribution in [0.4, 0.5) is 0 Å². The summed E-state index contributed by atoms with van der Waals surface area (Å²) in [4.78, 5) is 12.6. The van der Waals surface area contributed by atoms with Crippen molar-refractivity contribution in [2.45, 2.75) is 13.2 Å². The van der Waals surface area contributed by atoms with Crippen LogP contribution in [0.3, 0.4) is 0 Å². The molecule has 0 heterocycles. The van der Waals surface area contributed by atoms with Crippen LogP contribution >= 0.6 is 27.5 Å². The number of nitrogens with zero attached hydrogens (tertiary/aromatic N) is 1. The lowest BCUT2D eigenvalue weighted by Gasteiger charge is -2.12. The summed E-state index contributed by atoms with van der Waals surface area (Å²) < 4.78 is 17.9. The first kappa shape index (κ1) is 26.3. The predicted molar refractivity (Wildman–Crippen MR) is 149 cm³/mol. The molecule has 4 aromatic carbocycles. The summed E-state index contributed by atoms with van der Waals surface area (Å²) >= 11 is 9.54. The van der Waals surface area contributed by atoms with Gasteiger partial charge in [0.25, 0.3) is 5.91 Å². The Hall–Kier alpha value is -3.81. The van der Waals surface area contributed by atoms with Gasteiger partial charge in [-0.2, -0.15) is 5.10 Å². The van der Waals surface area contributed by atoms with Gasteiger partial charge in [0.2, 0.25) is 0 Å². The predicted octanol–water partition coefficient (Wildman–Crippen LogP) is 7.03. The van der Waals surface area contributed by atoms with Crippen LogP contribution in [-0.4, -0.2) is 19.2 Å². The van der Waals surface area contributed by atoms with Crippen LogP contribution in [0.2, 0.25) is 5.02 Å². The molecule has 4 rings (SSSR count). The summed E-state index contributed by atoms with van der Waals surface area (Å²) in [5, 5.41) is 4.74. The number of nitrogens with one attached hydrogen (secondary N) is 1. The van der Waals surface area contributed by atoms with Gasteiger partial charge in [-0.05, 0) is 81.2 Å². The van der Waals surface area contributed by atoms with Gasteiger partial charge in [0.1, 0.15) is 19.0 Å². The largest absolute Gasteiger partial charge is 0.493 e. The number of hydrogen-bond donors (Lipinski definition) is 1. The van der Waals surface area contributed by atoms with Gasteiger partial charge in [0.15, 0.2) is 11.5 Å². The Labute approximate surface area is 229 Å². The van der Waals surface area contributed by atoms with Crippen molar-refractivity contribution in [3.63, 3.8) is 0 Å². The molecule has 188 valence electrons. The van der Waals surface area contributed by atoms with Crippen molar-refractivity contribution in [2.24, 2.45) is 5.10 Å². The van der Waals surface area contributed by atoms with Gasteiger partial charge in [0.05, 0.1) is 17.8 Å². The highest BCUT2D eigenvalue weighted by atomic mass is 79.9. The third-order valence-corrected chi connectivity index (χ3v) is 6.14. The van der Waals surface area contributed by atoms with E-state index < -0.39 is 0 Å². The number of rotatable bonds is 10. The number of carbonyl (C=O) groups excluding carboxylic acids is 1. The Morgan fingerprint density at radius 2 is 1.59 bits per heavy atom. The number of amides is 1. The molecule has 1 N–H and O–H groups in total. The molecule has 0 radical (unpaired) electrons. The summed E-state index contributed by atoms with van der Waals surface area (Å²) in [7, 11) is 1.53. The van der Waals surface area contributed by atoms with Gasteiger partial charge in [-0.3, -0.25) is 4.79 Å². The van der Waals surface area contributed by atoms with Gasteiger partial charge >= 0.3 is 0 Å². The quantitative estimate of drug-likeness (QED) is 0.162. The number of ether oxygens (including phenoxy) is 3. The number of methoxy groups -OCH3 is 1. The summed E-state index contributed by atoms with van der Waals surface area (Å²) in [5.74, 6) is 1.33. The Bertz CT molecular complexity index is 1400. The van der Waals surface area contributed by atoms with Crippen LogP contribution in [0.15, 0.2) is 101 Å². The fourth-order valence-electron chi connectivity index (χ4n) is 3.40. The fraction of sp³-hybridized carbons (Fsp3) is 0.103. The minimum atomic E-state index is -0.371. The fourth-order valence-corrected chi connectivity index (χ4v) is 4.12. The lowest BCUT2D eigenvalue weighted by molar-refractivity contribution is 0.0954. The van der Waals surface area contributed by atoms with Crippen LogP contribution in [-0.2, 0) is 13.2 Å². The number of hydrazone groups is 1. The van der Waals surface area contributed by atoms with Gasteiger partial charge in [-0.15, -0.1) is 0 Å². The van der Waals surface area contributed by atoms with E-state index in [1.807, 2.05) is 72.8 Å². The van der Waals surface area contributed by atoms with Crippen molar-refractivity contribution in [1.82, 2.24) is 5.43 Å². The maximum Gasteiger partial charge on any atom is 0.271 e. The molecule has 0 aliphatic carbocycles. The number of benzene rings is 4. The molecule has 0 saturated carbocycles. The molecule has 6 nitrogen and oxygen atoms in total. The third-order valence-electron chi connectivity index (χ3n) is 5.28. The average molecular weight is 580 g/mol. The second kappa shape index (κ2) is 12.9. The third kappa shape index (κ3) is 7.59. The average Bonchev–Trinajstić information content (AvgIpc) is 2.92. The standard InChI is InChI=1S/C29H24BrClN2O4/c1-35-28-16-23(11-13-27(28)37-18-20-6-3-2-4-7-20)29(34)33-32-17-21-10-12-26(25(30)15-21)36-19-22-8-5-9-24(31)14-22/h2-17H,18-19H2,1H3,(H,33,34)/b32-17+. The van der Waals surface area contributed by atoms with E-state index in [0.29, 0.717) is 41.0 Å². The summed E-state index contributed by atoms with van der Waals surface area (Å²) in [5.41, 5.74) is 5.72. The molecule has 8 heteroatoms. The normalized spacial score (nSPS) is 10.8. The first-order chi connectivity index (χ1) is 18.0. The summed E-state index contributed by atoms with van der Waals surface area (Å²) in [6, 6.07) is 27.8. The maximum absolute atomic E-state index is 12.6. The molecule has 0 spiro atoms. The molecule has 0 aliphatic heterocycles. The van der Waals surface area contributed by atoms with E-state index in [1.165, 1.54) is 7.11 Å². The zero-order valence-corrected chi connectivity index (χ0v) is 22.3. The van der Waals surface area contributed by atoms with Crippen molar-refractivity contribution >= 4 is 39.7 Å². The Morgan fingerprint density at radius 3 is 2.35 bits per heavy atom. The number of hydrogen-bond acceptors (Lipinski definition) is 5. The highest BCUT2D eigenvalue weighted by Crippen LogP contribution is 2.29. The van der Waals surface area contributed by atoms with Crippen LogP contribution < -0.4 is 19.6 Å². The number of carbonyl (C=O) groups is 1. The molecule has 0 bridgehead atoms. The molecule has 0 atom stereocenters.